The molecule has 0 nitrogen and oxygen atoms in total. The molecule has 0 aromatic rings. The van der Waals surface area contributed by atoms with E-state index in [1.165, 1.54) is 0 Å². The third kappa shape index (κ3) is 4.68. The number of alkyl halides is 2. The van der Waals surface area contributed by atoms with Crippen LogP contribution in [0.5, 0.6) is 0 Å². The van der Waals surface area contributed by atoms with Gasteiger partial charge in [-0.15, -0.1) is 0 Å². The zero-order valence-electron chi connectivity index (χ0n) is 8.53. The molecule has 0 N–H and O–H groups in total. The lowest BCUT2D eigenvalue weighted by atomic mass is 9.91. The Morgan fingerprint density at radius 3 is 2.00 bits per heavy atom. The highest BCUT2D eigenvalue weighted by Crippen LogP contribution is 2.28. The van der Waals surface area contributed by atoms with E-state index in [2.05, 4.69) is 13.8 Å². The van der Waals surface area contributed by atoms with E-state index in [0.29, 0.717) is 18.3 Å². The second kappa shape index (κ2) is 4.78. The quantitative estimate of drug-likeness (QED) is 0.594. The van der Waals surface area contributed by atoms with Crippen molar-refractivity contribution >= 4 is 0 Å². The van der Waals surface area contributed by atoms with Crippen LogP contribution in [-0.4, -0.2) is 5.92 Å². The highest BCUT2D eigenvalue weighted by molar-refractivity contribution is 4.67. The van der Waals surface area contributed by atoms with Crippen LogP contribution >= 0.6 is 0 Å². The van der Waals surface area contributed by atoms with Crippen LogP contribution in [0.2, 0.25) is 0 Å². The highest BCUT2D eigenvalue weighted by Gasteiger charge is 2.26. The molecule has 0 aliphatic heterocycles. The van der Waals surface area contributed by atoms with Crippen LogP contribution < -0.4 is 0 Å². The maximum absolute atomic E-state index is 12.8. The molecule has 0 amide bonds. The van der Waals surface area contributed by atoms with E-state index >= 15 is 0 Å². The van der Waals surface area contributed by atoms with Crippen molar-refractivity contribution in [2.75, 3.05) is 0 Å². The molecule has 0 aromatic carbocycles. The summed E-state index contributed by atoms with van der Waals surface area (Å²) in [6.45, 7) is 7.74. The Morgan fingerprint density at radius 1 is 1.17 bits per heavy atom. The molecule has 0 fully saturated rings. The third-order valence-corrected chi connectivity index (χ3v) is 2.62. The van der Waals surface area contributed by atoms with Gasteiger partial charge in [-0.25, -0.2) is 8.78 Å². The average molecular weight is 178 g/mol. The summed E-state index contributed by atoms with van der Waals surface area (Å²) in [7, 11) is 0. The Kier molecular flexibility index (Phi) is 4.73. The summed E-state index contributed by atoms with van der Waals surface area (Å²) in [4.78, 5) is 0. The van der Waals surface area contributed by atoms with Crippen LogP contribution in [0.25, 0.3) is 0 Å². The summed E-state index contributed by atoms with van der Waals surface area (Å²) in [5.41, 5.74) is 0. The highest BCUT2D eigenvalue weighted by atomic mass is 19.3. The lowest BCUT2D eigenvalue weighted by Crippen LogP contribution is -2.17. The molecule has 0 rings (SSSR count). The predicted octanol–water partition coefficient (Wildman–Crippen LogP) is 4.10. The third-order valence-electron chi connectivity index (χ3n) is 2.62. The van der Waals surface area contributed by atoms with Gasteiger partial charge in [0, 0.05) is 12.8 Å². The second-order valence-corrected chi connectivity index (χ2v) is 3.97. The lowest BCUT2D eigenvalue weighted by Gasteiger charge is -2.19. The molecule has 0 radical (unpaired) electrons. The standard InChI is InChI=1S/C10H20F2/c1-5-10(11,12)7-6-9(4)8(2)3/h8-9H,5-7H2,1-4H3/t9-/m1/s1. The first-order valence-corrected chi connectivity index (χ1v) is 4.77. The summed E-state index contributed by atoms with van der Waals surface area (Å²) in [5.74, 6) is -1.52. The summed E-state index contributed by atoms with van der Waals surface area (Å²) in [6, 6.07) is 0. The topological polar surface area (TPSA) is 0 Å². The van der Waals surface area contributed by atoms with E-state index < -0.39 is 5.92 Å². The lowest BCUT2D eigenvalue weighted by molar-refractivity contribution is -0.0178. The smallest absolute Gasteiger partial charge is 0.207 e. The molecule has 0 spiro atoms. The molecule has 12 heavy (non-hydrogen) atoms. The van der Waals surface area contributed by atoms with Crippen LogP contribution in [0.4, 0.5) is 8.78 Å². The van der Waals surface area contributed by atoms with E-state index in [-0.39, 0.29) is 12.8 Å². The molecule has 0 saturated carbocycles. The normalized spacial score (nSPS) is 15.2. The Balaban J connectivity index is 3.67. The van der Waals surface area contributed by atoms with E-state index in [1.54, 1.807) is 6.92 Å². The van der Waals surface area contributed by atoms with Crippen molar-refractivity contribution in [3.8, 4) is 0 Å². The van der Waals surface area contributed by atoms with Crippen molar-refractivity contribution in [1.29, 1.82) is 0 Å². The van der Waals surface area contributed by atoms with E-state index in [1.807, 2.05) is 6.92 Å². The molecule has 0 heterocycles. The zero-order valence-corrected chi connectivity index (χ0v) is 8.53. The fraction of sp³-hybridized carbons (Fsp3) is 1.00. The summed E-state index contributed by atoms with van der Waals surface area (Å²) in [6.07, 6.45) is 0.652. The Hall–Kier alpha value is -0.140. The van der Waals surface area contributed by atoms with Crippen LogP contribution in [0, 0.1) is 11.8 Å². The first-order chi connectivity index (χ1) is 5.39. The second-order valence-electron chi connectivity index (χ2n) is 3.97. The van der Waals surface area contributed by atoms with E-state index in [9.17, 15) is 8.78 Å². The number of rotatable bonds is 5. The van der Waals surface area contributed by atoms with Gasteiger partial charge >= 0.3 is 0 Å². The van der Waals surface area contributed by atoms with Gasteiger partial charge in [0.05, 0.1) is 0 Å². The minimum absolute atomic E-state index is 0.0299. The van der Waals surface area contributed by atoms with Gasteiger partial charge < -0.3 is 0 Å². The van der Waals surface area contributed by atoms with Gasteiger partial charge in [0.1, 0.15) is 0 Å². The van der Waals surface area contributed by atoms with Gasteiger partial charge in [0.15, 0.2) is 0 Å². The Labute approximate surface area is 74.4 Å². The Bertz CT molecular complexity index is 119. The number of hydrogen-bond acceptors (Lipinski definition) is 0. The molecule has 0 saturated heterocycles. The fourth-order valence-corrected chi connectivity index (χ4v) is 0.949. The monoisotopic (exact) mass is 178 g/mol. The molecule has 0 aliphatic rings. The first-order valence-electron chi connectivity index (χ1n) is 4.77. The molecule has 2 heteroatoms. The molecule has 1 atom stereocenters. The van der Waals surface area contributed by atoms with Crippen molar-refractivity contribution in [2.24, 2.45) is 11.8 Å². The van der Waals surface area contributed by atoms with Crippen molar-refractivity contribution in [1.82, 2.24) is 0 Å². The van der Waals surface area contributed by atoms with Gasteiger partial charge in [-0.2, -0.15) is 0 Å². The number of hydrogen-bond donors (Lipinski definition) is 0. The zero-order chi connectivity index (χ0) is 9.78. The maximum Gasteiger partial charge on any atom is 0.247 e. The molecule has 0 aliphatic carbocycles. The van der Waals surface area contributed by atoms with Gasteiger partial charge in [0.2, 0.25) is 5.92 Å². The minimum Gasteiger partial charge on any atom is -0.207 e. The molecular formula is C10H20F2. The van der Waals surface area contributed by atoms with Crippen LogP contribution in [-0.2, 0) is 0 Å². The predicted molar refractivity (Wildman–Crippen MR) is 48.5 cm³/mol. The van der Waals surface area contributed by atoms with E-state index in [0.717, 1.165) is 0 Å². The van der Waals surface area contributed by atoms with Crippen molar-refractivity contribution in [3.05, 3.63) is 0 Å². The van der Waals surface area contributed by atoms with Crippen molar-refractivity contribution < 1.29 is 8.78 Å². The van der Waals surface area contributed by atoms with Crippen LogP contribution in [0.3, 0.4) is 0 Å². The maximum atomic E-state index is 12.8. The largest absolute Gasteiger partial charge is 0.247 e. The molecular weight excluding hydrogens is 158 g/mol. The summed E-state index contributed by atoms with van der Waals surface area (Å²) < 4.78 is 25.6. The van der Waals surface area contributed by atoms with E-state index in [4.69, 9.17) is 0 Å². The van der Waals surface area contributed by atoms with Crippen LogP contribution in [0.15, 0.2) is 0 Å². The van der Waals surface area contributed by atoms with Crippen LogP contribution in [0.1, 0.15) is 47.0 Å². The van der Waals surface area contributed by atoms with Gasteiger partial charge in [-0.1, -0.05) is 27.7 Å². The minimum atomic E-state index is -2.44. The first kappa shape index (κ1) is 11.9. The summed E-state index contributed by atoms with van der Waals surface area (Å²) >= 11 is 0. The SMILES string of the molecule is CCC(F)(F)CC[C@@H](C)C(C)C. The van der Waals surface area contributed by atoms with Gasteiger partial charge in [0.25, 0.3) is 0 Å². The number of halogens is 2. The van der Waals surface area contributed by atoms with Gasteiger partial charge in [-0.3, -0.25) is 0 Å². The fourth-order valence-electron chi connectivity index (χ4n) is 0.949. The molecule has 0 unspecified atom stereocenters. The Morgan fingerprint density at radius 2 is 1.67 bits per heavy atom. The van der Waals surface area contributed by atoms with Crippen molar-refractivity contribution in [3.63, 3.8) is 0 Å². The molecule has 0 aromatic heterocycles. The van der Waals surface area contributed by atoms with Crippen molar-refractivity contribution in [2.45, 2.75) is 52.9 Å². The average Bonchev–Trinajstić information content (AvgIpc) is 2.00. The summed E-state index contributed by atoms with van der Waals surface area (Å²) in [5, 5.41) is 0. The van der Waals surface area contributed by atoms with Gasteiger partial charge in [-0.05, 0) is 18.3 Å². The molecule has 74 valence electrons. The molecule has 0 bridgehead atoms.